The molecule has 0 spiro atoms. The Labute approximate surface area is 102 Å². The van der Waals surface area contributed by atoms with Crippen molar-refractivity contribution in [2.45, 2.75) is 38.8 Å². The summed E-state index contributed by atoms with van der Waals surface area (Å²) in [6, 6.07) is 0. The molecule has 0 atom stereocenters. The van der Waals surface area contributed by atoms with Gasteiger partial charge in [0.2, 0.25) is 0 Å². The van der Waals surface area contributed by atoms with Crippen LogP contribution in [0.3, 0.4) is 0 Å². The van der Waals surface area contributed by atoms with E-state index in [4.69, 9.17) is 4.42 Å². The van der Waals surface area contributed by atoms with Gasteiger partial charge >= 0.3 is 0 Å². The van der Waals surface area contributed by atoms with Crippen LogP contribution in [0.1, 0.15) is 32.4 Å². The van der Waals surface area contributed by atoms with Crippen molar-refractivity contribution in [1.29, 1.82) is 0 Å². The summed E-state index contributed by atoms with van der Waals surface area (Å²) in [7, 11) is 0. The van der Waals surface area contributed by atoms with E-state index >= 15 is 0 Å². The van der Waals surface area contributed by atoms with Crippen LogP contribution in [-0.2, 0) is 0 Å². The van der Waals surface area contributed by atoms with Crippen LogP contribution < -0.4 is 5.32 Å². The van der Waals surface area contributed by atoms with Crippen molar-refractivity contribution in [2.24, 2.45) is 5.92 Å². The molecule has 0 aliphatic carbocycles. The van der Waals surface area contributed by atoms with Crippen molar-refractivity contribution in [3.8, 4) is 0 Å². The van der Waals surface area contributed by atoms with Crippen LogP contribution in [0.15, 0.2) is 15.9 Å². The van der Waals surface area contributed by atoms with Crippen molar-refractivity contribution in [3.05, 3.63) is 12.0 Å². The number of rotatable bonds is 8. The zero-order valence-corrected chi connectivity index (χ0v) is 11.3. The molecule has 3 nitrogen and oxygen atoms in total. The summed E-state index contributed by atoms with van der Waals surface area (Å²) < 4.78 is 5.25. The lowest BCUT2D eigenvalue weighted by Gasteiger charge is -2.05. The van der Waals surface area contributed by atoms with Gasteiger partial charge in [0.15, 0.2) is 0 Å². The topological polar surface area (TPSA) is 38.1 Å². The number of aromatic nitrogens is 1. The summed E-state index contributed by atoms with van der Waals surface area (Å²) in [6.07, 6.45) is 4.26. The third kappa shape index (κ3) is 6.18. The normalized spacial score (nSPS) is 11.2. The molecule has 0 radical (unpaired) electrons. The van der Waals surface area contributed by atoms with Crippen molar-refractivity contribution in [3.63, 3.8) is 0 Å². The van der Waals surface area contributed by atoms with E-state index in [2.05, 4.69) is 24.1 Å². The van der Waals surface area contributed by atoms with Gasteiger partial charge in [-0.25, -0.2) is 4.98 Å². The molecule has 1 rings (SSSR count). The van der Waals surface area contributed by atoms with Gasteiger partial charge in [0.25, 0.3) is 5.22 Å². The second-order valence-electron chi connectivity index (χ2n) is 4.39. The SMILES string of the molecule is Cc1coc(SCCNCCCC(C)C)n1. The molecule has 0 aromatic carbocycles. The number of nitrogens with zero attached hydrogens (tertiary/aromatic N) is 1. The molecule has 1 N–H and O–H groups in total. The van der Waals surface area contributed by atoms with Gasteiger partial charge in [0.1, 0.15) is 6.26 Å². The van der Waals surface area contributed by atoms with Crippen LogP contribution in [0.25, 0.3) is 0 Å². The molecular formula is C12H22N2OS. The van der Waals surface area contributed by atoms with E-state index in [9.17, 15) is 0 Å². The second-order valence-corrected chi connectivity index (χ2v) is 5.44. The highest BCUT2D eigenvalue weighted by Gasteiger charge is 2.00. The van der Waals surface area contributed by atoms with Crippen LogP contribution in [-0.4, -0.2) is 23.8 Å². The first-order chi connectivity index (χ1) is 7.68. The van der Waals surface area contributed by atoms with Crippen LogP contribution >= 0.6 is 11.8 Å². The van der Waals surface area contributed by atoms with Gasteiger partial charge in [-0.2, -0.15) is 0 Å². The van der Waals surface area contributed by atoms with Crippen LogP contribution in [0.5, 0.6) is 0 Å². The molecule has 16 heavy (non-hydrogen) atoms. The molecule has 0 saturated carbocycles. The standard InChI is InChI=1S/C12H22N2OS/c1-10(2)5-4-6-13-7-8-16-12-14-11(3)9-15-12/h9-10,13H,4-8H2,1-3H3. The summed E-state index contributed by atoms with van der Waals surface area (Å²) in [5.74, 6) is 1.83. The Kier molecular flexibility index (Phi) is 6.57. The lowest BCUT2D eigenvalue weighted by Crippen LogP contribution is -2.18. The second kappa shape index (κ2) is 7.74. The molecule has 0 unspecified atom stereocenters. The molecule has 0 fully saturated rings. The van der Waals surface area contributed by atoms with E-state index in [0.717, 1.165) is 35.7 Å². The van der Waals surface area contributed by atoms with E-state index in [0.29, 0.717) is 0 Å². The predicted molar refractivity (Wildman–Crippen MR) is 68.9 cm³/mol. The maximum absolute atomic E-state index is 5.25. The predicted octanol–water partition coefficient (Wildman–Crippen LogP) is 3.10. The third-order valence-corrected chi connectivity index (χ3v) is 3.08. The summed E-state index contributed by atoms with van der Waals surface area (Å²) in [4.78, 5) is 4.24. The van der Waals surface area contributed by atoms with Crippen molar-refractivity contribution < 1.29 is 4.42 Å². The first-order valence-corrected chi connectivity index (χ1v) is 6.92. The van der Waals surface area contributed by atoms with Crippen LogP contribution in [0.2, 0.25) is 0 Å². The van der Waals surface area contributed by atoms with Gasteiger partial charge < -0.3 is 9.73 Å². The van der Waals surface area contributed by atoms with Gasteiger partial charge in [-0.3, -0.25) is 0 Å². The Morgan fingerprint density at radius 2 is 2.25 bits per heavy atom. The average molecular weight is 242 g/mol. The molecule has 92 valence electrons. The van der Waals surface area contributed by atoms with Gasteiger partial charge in [-0.05, 0) is 32.2 Å². The molecule has 1 aromatic heterocycles. The van der Waals surface area contributed by atoms with Crippen LogP contribution in [0.4, 0.5) is 0 Å². The zero-order valence-electron chi connectivity index (χ0n) is 10.5. The third-order valence-electron chi connectivity index (χ3n) is 2.24. The maximum Gasteiger partial charge on any atom is 0.255 e. The number of nitrogens with one attached hydrogen (secondary N) is 1. The largest absolute Gasteiger partial charge is 0.440 e. The minimum atomic E-state index is 0.779. The Morgan fingerprint density at radius 1 is 1.44 bits per heavy atom. The zero-order chi connectivity index (χ0) is 11.8. The monoisotopic (exact) mass is 242 g/mol. The molecule has 1 heterocycles. The number of aryl methyl sites for hydroxylation is 1. The van der Waals surface area contributed by atoms with E-state index in [1.165, 1.54) is 12.8 Å². The lowest BCUT2D eigenvalue weighted by molar-refractivity contribution is 0.454. The van der Waals surface area contributed by atoms with E-state index in [-0.39, 0.29) is 0 Å². The number of oxazole rings is 1. The van der Waals surface area contributed by atoms with Gasteiger partial charge in [0.05, 0.1) is 5.69 Å². The Balaban J connectivity index is 1.92. The summed E-state index contributed by atoms with van der Waals surface area (Å²) in [6.45, 7) is 8.60. The van der Waals surface area contributed by atoms with Gasteiger partial charge in [-0.1, -0.05) is 25.6 Å². The summed E-state index contributed by atoms with van der Waals surface area (Å²) in [5.41, 5.74) is 0.951. The van der Waals surface area contributed by atoms with E-state index in [1.54, 1.807) is 18.0 Å². The minimum absolute atomic E-state index is 0.779. The highest BCUT2D eigenvalue weighted by molar-refractivity contribution is 7.99. The number of hydrogen-bond donors (Lipinski definition) is 1. The van der Waals surface area contributed by atoms with Crippen LogP contribution in [0, 0.1) is 12.8 Å². The molecule has 0 amide bonds. The molecule has 0 saturated heterocycles. The summed E-state index contributed by atoms with van der Waals surface area (Å²) in [5, 5.41) is 4.21. The Bertz CT molecular complexity index is 286. The minimum Gasteiger partial charge on any atom is -0.440 e. The van der Waals surface area contributed by atoms with E-state index in [1.807, 2.05) is 6.92 Å². The first-order valence-electron chi connectivity index (χ1n) is 5.94. The van der Waals surface area contributed by atoms with Crippen molar-refractivity contribution in [1.82, 2.24) is 10.3 Å². The van der Waals surface area contributed by atoms with Gasteiger partial charge in [-0.15, -0.1) is 0 Å². The Morgan fingerprint density at radius 3 is 2.88 bits per heavy atom. The molecule has 0 aliphatic rings. The average Bonchev–Trinajstić information content (AvgIpc) is 2.62. The smallest absolute Gasteiger partial charge is 0.255 e. The molecule has 0 aliphatic heterocycles. The highest BCUT2D eigenvalue weighted by atomic mass is 32.2. The summed E-state index contributed by atoms with van der Waals surface area (Å²) >= 11 is 1.67. The number of thioether (sulfide) groups is 1. The Hall–Kier alpha value is -0.480. The first kappa shape index (κ1) is 13.6. The fraction of sp³-hybridized carbons (Fsp3) is 0.750. The van der Waals surface area contributed by atoms with Gasteiger partial charge in [0, 0.05) is 12.3 Å². The van der Waals surface area contributed by atoms with Crippen molar-refractivity contribution >= 4 is 11.8 Å². The fourth-order valence-electron chi connectivity index (χ4n) is 1.37. The van der Waals surface area contributed by atoms with E-state index < -0.39 is 0 Å². The quantitative estimate of drug-likeness (QED) is 0.561. The molecule has 1 aromatic rings. The molecular weight excluding hydrogens is 220 g/mol. The molecule has 4 heteroatoms. The maximum atomic E-state index is 5.25. The highest BCUT2D eigenvalue weighted by Crippen LogP contribution is 2.15. The number of hydrogen-bond acceptors (Lipinski definition) is 4. The molecule has 0 bridgehead atoms. The lowest BCUT2D eigenvalue weighted by atomic mass is 10.1. The van der Waals surface area contributed by atoms with Crippen molar-refractivity contribution in [2.75, 3.05) is 18.8 Å². The fourth-order valence-corrected chi connectivity index (χ4v) is 2.12.